The minimum Gasteiger partial charge on any atom is -1.00 e. The van der Waals surface area contributed by atoms with Crippen molar-refractivity contribution in [1.82, 2.24) is 0 Å². The molecule has 0 spiro atoms. The summed E-state index contributed by atoms with van der Waals surface area (Å²) in [6, 6.07) is 0. The maximum atomic E-state index is 4.27. The van der Waals surface area contributed by atoms with Gasteiger partial charge in [-0.1, -0.05) is 27.7 Å². The van der Waals surface area contributed by atoms with Gasteiger partial charge < -0.3 is 45.4 Å². The molecular formula is C11H28Br2N2. The van der Waals surface area contributed by atoms with Crippen molar-refractivity contribution >= 4 is 0 Å². The summed E-state index contributed by atoms with van der Waals surface area (Å²) in [5.74, 6) is 0. The molecule has 6 N–H and O–H groups in total. The maximum Gasteiger partial charge on any atom is 0.0945 e. The van der Waals surface area contributed by atoms with Crippen LogP contribution in [0.3, 0.4) is 0 Å². The third-order valence-corrected chi connectivity index (χ3v) is 4.19. The van der Waals surface area contributed by atoms with Crippen LogP contribution in [-0.4, -0.2) is 12.1 Å². The molecule has 0 aliphatic carbocycles. The molecule has 0 aliphatic heterocycles. The minimum absolute atomic E-state index is 0. The van der Waals surface area contributed by atoms with Crippen molar-refractivity contribution in [1.29, 1.82) is 0 Å². The molecule has 0 bridgehead atoms. The van der Waals surface area contributed by atoms with Gasteiger partial charge in [0.05, 0.1) is 12.1 Å². The van der Waals surface area contributed by atoms with Crippen molar-refractivity contribution < 1.29 is 45.4 Å². The SMILES string of the molecule is CC(C)([NH3+])C(C)(C)C(C)(C)CC[NH3+].[Br-].[Br-]. The number of halogens is 2. The van der Waals surface area contributed by atoms with Crippen LogP contribution in [0.25, 0.3) is 0 Å². The predicted molar refractivity (Wildman–Crippen MR) is 56.9 cm³/mol. The van der Waals surface area contributed by atoms with E-state index in [9.17, 15) is 0 Å². The summed E-state index contributed by atoms with van der Waals surface area (Å²) in [7, 11) is 0. The van der Waals surface area contributed by atoms with Crippen molar-refractivity contribution in [3.8, 4) is 0 Å². The van der Waals surface area contributed by atoms with Crippen LogP contribution >= 0.6 is 0 Å². The Balaban J connectivity index is -0.000000720. The van der Waals surface area contributed by atoms with Gasteiger partial charge in [-0.2, -0.15) is 0 Å². The molecule has 0 aromatic heterocycles. The minimum atomic E-state index is 0. The van der Waals surface area contributed by atoms with Gasteiger partial charge in [0, 0.05) is 11.8 Å². The Morgan fingerprint density at radius 2 is 1.20 bits per heavy atom. The van der Waals surface area contributed by atoms with E-state index >= 15 is 0 Å². The monoisotopic (exact) mass is 346 g/mol. The molecule has 0 heterocycles. The van der Waals surface area contributed by atoms with Crippen LogP contribution in [-0.2, 0) is 0 Å². The second-order valence-corrected chi connectivity index (χ2v) is 6.00. The largest absolute Gasteiger partial charge is 1.00 e. The molecule has 0 amide bonds. The summed E-state index contributed by atoms with van der Waals surface area (Å²) in [4.78, 5) is 0. The molecular weight excluding hydrogens is 320 g/mol. The van der Waals surface area contributed by atoms with E-state index in [1.54, 1.807) is 0 Å². The Morgan fingerprint density at radius 3 is 1.40 bits per heavy atom. The fourth-order valence-corrected chi connectivity index (χ4v) is 1.67. The first-order chi connectivity index (χ1) is 5.56. The zero-order chi connectivity index (χ0) is 10.9. The normalized spacial score (nSPS) is 12.8. The van der Waals surface area contributed by atoms with Gasteiger partial charge in [0.1, 0.15) is 0 Å². The number of hydrogen-bond acceptors (Lipinski definition) is 0. The first-order valence-electron chi connectivity index (χ1n) is 5.21. The summed E-state index contributed by atoms with van der Waals surface area (Å²) in [5.41, 5.74) is 8.86. The molecule has 4 heteroatoms. The highest BCUT2D eigenvalue weighted by atomic mass is 79.9. The molecule has 0 radical (unpaired) electrons. The highest BCUT2D eigenvalue weighted by Crippen LogP contribution is 2.46. The molecule has 0 unspecified atom stereocenters. The van der Waals surface area contributed by atoms with Crippen LogP contribution in [0.2, 0.25) is 0 Å². The lowest BCUT2D eigenvalue weighted by Crippen LogP contribution is -3.00. The fourth-order valence-electron chi connectivity index (χ4n) is 1.67. The number of hydrogen-bond donors (Lipinski definition) is 2. The molecule has 2 nitrogen and oxygen atoms in total. The summed E-state index contributed by atoms with van der Waals surface area (Å²) in [6.45, 7) is 14.7. The average Bonchev–Trinajstić information content (AvgIpc) is 1.84. The van der Waals surface area contributed by atoms with Gasteiger partial charge in [-0.15, -0.1) is 0 Å². The Bertz CT molecular complexity index is 172. The van der Waals surface area contributed by atoms with E-state index in [0.717, 1.165) is 6.54 Å². The first-order valence-corrected chi connectivity index (χ1v) is 5.21. The summed E-state index contributed by atoms with van der Waals surface area (Å²) in [6.07, 6.45) is 1.17. The summed E-state index contributed by atoms with van der Waals surface area (Å²) < 4.78 is 0. The van der Waals surface area contributed by atoms with Gasteiger partial charge in [-0.3, -0.25) is 0 Å². The van der Waals surface area contributed by atoms with Crippen LogP contribution < -0.4 is 45.4 Å². The zero-order valence-electron chi connectivity index (χ0n) is 11.1. The predicted octanol–water partition coefficient (Wildman–Crippen LogP) is -5.30. The molecule has 0 fully saturated rings. The topological polar surface area (TPSA) is 55.3 Å². The van der Waals surface area contributed by atoms with E-state index in [1.807, 2.05) is 0 Å². The second kappa shape index (κ2) is 6.58. The van der Waals surface area contributed by atoms with E-state index in [1.165, 1.54) is 6.42 Å². The van der Waals surface area contributed by atoms with Crippen LogP contribution in [0.1, 0.15) is 48.0 Å². The van der Waals surface area contributed by atoms with Gasteiger partial charge in [0.2, 0.25) is 0 Å². The van der Waals surface area contributed by atoms with E-state index in [4.69, 9.17) is 0 Å². The molecule has 0 aliphatic rings. The van der Waals surface area contributed by atoms with E-state index < -0.39 is 0 Å². The third-order valence-electron chi connectivity index (χ3n) is 4.19. The molecule has 96 valence electrons. The molecule has 0 aromatic rings. The molecule has 0 saturated carbocycles. The molecule has 0 saturated heterocycles. The van der Waals surface area contributed by atoms with E-state index in [0.29, 0.717) is 5.41 Å². The summed E-state index contributed by atoms with van der Waals surface area (Å²) in [5, 5.41) is 0. The Hall–Kier alpha value is 0.880. The quantitative estimate of drug-likeness (QED) is 0.510. The Labute approximate surface area is 116 Å². The average molecular weight is 348 g/mol. The summed E-state index contributed by atoms with van der Waals surface area (Å²) >= 11 is 0. The lowest BCUT2D eigenvalue weighted by Gasteiger charge is -2.47. The van der Waals surface area contributed by atoms with E-state index in [2.05, 4.69) is 53.0 Å². The van der Waals surface area contributed by atoms with Crippen LogP contribution in [0.4, 0.5) is 0 Å². The van der Waals surface area contributed by atoms with Gasteiger partial charge in [-0.25, -0.2) is 0 Å². The third kappa shape index (κ3) is 4.72. The van der Waals surface area contributed by atoms with E-state index in [-0.39, 0.29) is 44.9 Å². The number of rotatable bonds is 4. The van der Waals surface area contributed by atoms with Crippen LogP contribution in [0, 0.1) is 10.8 Å². The van der Waals surface area contributed by atoms with Crippen LogP contribution in [0.15, 0.2) is 0 Å². The van der Waals surface area contributed by atoms with Gasteiger partial charge in [0.15, 0.2) is 0 Å². The highest BCUT2D eigenvalue weighted by molar-refractivity contribution is 4.95. The molecule has 15 heavy (non-hydrogen) atoms. The first kappa shape index (κ1) is 21.2. The van der Waals surface area contributed by atoms with Crippen molar-refractivity contribution in [3.63, 3.8) is 0 Å². The van der Waals surface area contributed by atoms with Gasteiger partial charge in [-0.05, 0) is 19.3 Å². The number of quaternary nitrogens is 2. The van der Waals surface area contributed by atoms with Crippen molar-refractivity contribution in [2.24, 2.45) is 10.8 Å². The molecule has 0 rings (SSSR count). The van der Waals surface area contributed by atoms with Gasteiger partial charge in [0.25, 0.3) is 0 Å². The zero-order valence-corrected chi connectivity index (χ0v) is 14.3. The second-order valence-electron chi connectivity index (χ2n) is 6.00. The lowest BCUT2D eigenvalue weighted by atomic mass is 9.58. The standard InChI is InChI=1S/C11H26N2.2BrH/c1-9(2,7-8-12)10(3,4)11(5,6)13;;/h7-8,12-13H2,1-6H3;2*1H. The Morgan fingerprint density at radius 1 is 0.867 bits per heavy atom. The maximum absolute atomic E-state index is 4.27. The van der Waals surface area contributed by atoms with Crippen molar-refractivity contribution in [2.45, 2.75) is 53.5 Å². The lowest BCUT2D eigenvalue weighted by molar-refractivity contribution is -0.502. The Kier molecular flexibility index (Phi) is 9.29. The van der Waals surface area contributed by atoms with Crippen LogP contribution in [0.5, 0.6) is 0 Å². The highest BCUT2D eigenvalue weighted by Gasteiger charge is 2.48. The molecule has 0 atom stereocenters. The van der Waals surface area contributed by atoms with Gasteiger partial charge >= 0.3 is 0 Å². The fraction of sp³-hybridized carbons (Fsp3) is 1.00. The molecule has 0 aromatic carbocycles. The smallest absolute Gasteiger partial charge is 0.0945 e. The van der Waals surface area contributed by atoms with Crippen molar-refractivity contribution in [2.75, 3.05) is 6.54 Å². The van der Waals surface area contributed by atoms with Crippen molar-refractivity contribution in [3.05, 3.63) is 0 Å².